The number of phenols is 1. The number of hydrogen-bond donors (Lipinski definition) is 3. The van der Waals surface area contributed by atoms with Crippen molar-refractivity contribution in [2.45, 2.75) is 30.8 Å². The van der Waals surface area contributed by atoms with Crippen LogP contribution in [0.3, 0.4) is 0 Å². The molecule has 0 spiro atoms. The molecule has 3 N–H and O–H groups in total. The van der Waals surface area contributed by atoms with Crippen molar-refractivity contribution >= 4 is 29.3 Å². The smallest absolute Gasteiger partial charge is 0.255 e. The quantitative estimate of drug-likeness (QED) is 0.249. The molecule has 1 aliphatic heterocycles. The maximum atomic E-state index is 13.7. The van der Waals surface area contributed by atoms with Crippen LogP contribution in [0.2, 0.25) is 0 Å². The molecule has 5 rings (SSSR count). The predicted octanol–water partition coefficient (Wildman–Crippen LogP) is 5.53. The standard InChI is InChI=1S/C29H29N5O4S/c1-17-6-5-7-19(14-17)16-39-29-32-28-30-18(2)25(27(36)31-21-9-11-22(37-3)12-10-21)26(34(28)33-29)20-8-13-23(35)24(15-20)38-4/h5-15,26,35H,16H2,1-4H3,(H,31,36)(H,30,32,33)/t26-/m0/s1. The van der Waals surface area contributed by atoms with Crippen LogP contribution in [-0.4, -0.2) is 40.0 Å². The molecule has 0 saturated carbocycles. The Bertz CT molecular complexity index is 1550. The van der Waals surface area contributed by atoms with Crippen molar-refractivity contribution in [1.82, 2.24) is 14.8 Å². The fraction of sp³-hybridized carbons (Fsp3) is 0.207. The maximum absolute atomic E-state index is 13.7. The normalized spacial score (nSPS) is 14.4. The van der Waals surface area contributed by atoms with E-state index >= 15 is 0 Å². The zero-order valence-corrected chi connectivity index (χ0v) is 22.9. The third kappa shape index (κ3) is 5.56. The van der Waals surface area contributed by atoms with Crippen LogP contribution in [-0.2, 0) is 10.5 Å². The minimum Gasteiger partial charge on any atom is -0.504 e. The summed E-state index contributed by atoms with van der Waals surface area (Å²) in [5.41, 5.74) is 4.82. The molecule has 1 aromatic heterocycles. The number of carbonyl (C=O) groups excluding carboxylic acids is 1. The number of carbonyl (C=O) groups is 1. The lowest BCUT2D eigenvalue weighted by atomic mass is 9.94. The summed E-state index contributed by atoms with van der Waals surface area (Å²) in [6.45, 7) is 3.90. The number of anilines is 2. The number of ether oxygens (including phenoxy) is 2. The molecule has 0 bridgehead atoms. The van der Waals surface area contributed by atoms with E-state index in [2.05, 4.69) is 35.8 Å². The molecule has 1 amide bonds. The van der Waals surface area contributed by atoms with Gasteiger partial charge in [-0.25, -0.2) is 4.68 Å². The molecule has 1 aliphatic rings. The number of aromatic nitrogens is 3. The Morgan fingerprint density at radius 1 is 1.08 bits per heavy atom. The molecule has 3 aromatic carbocycles. The van der Waals surface area contributed by atoms with Gasteiger partial charge in [0.15, 0.2) is 11.5 Å². The SMILES string of the molecule is COc1ccc(NC(=O)C2=C(C)Nc3nc(SCc4cccc(C)c4)nn3[C@H]2c2ccc(O)c(OC)c2)cc1. The molecular weight excluding hydrogens is 514 g/mol. The molecule has 0 unspecified atom stereocenters. The van der Waals surface area contributed by atoms with Crippen molar-refractivity contribution in [2.75, 3.05) is 24.9 Å². The first-order valence-electron chi connectivity index (χ1n) is 12.3. The molecule has 10 heteroatoms. The molecule has 0 radical (unpaired) electrons. The van der Waals surface area contributed by atoms with Gasteiger partial charge < -0.3 is 25.2 Å². The van der Waals surface area contributed by atoms with Gasteiger partial charge in [0.05, 0.1) is 19.8 Å². The van der Waals surface area contributed by atoms with E-state index in [9.17, 15) is 9.90 Å². The molecule has 1 atom stereocenters. The fourth-order valence-electron chi connectivity index (χ4n) is 4.48. The minimum atomic E-state index is -0.616. The molecule has 2 heterocycles. The van der Waals surface area contributed by atoms with Gasteiger partial charge in [-0.05, 0) is 61.4 Å². The second kappa shape index (κ2) is 11.1. The summed E-state index contributed by atoms with van der Waals surface area (Å²) in [7, 11) is 3.08. The number of rotatable bonds is 8. The van der Waals surface area contributed by atoms with Crippen LogP contribution in [0.5, 0.6) is 17.2 Å². The minimum absolute atomic E-state index is 0.00772. The van der Waals surface area contributed by atoms with Gasteiger partial charge >= 0.3 is 0 Å². The van der Waals surface area contributed by atoms with E-state index in [1.807, 2.05) is 13.0 Å². The van der Waals surface area contributed by atoms with Gasteiger partial charge in [0, 0.05) is 17.1 Å². The van der Waals surface area contributed by atoms with E-state index in [0.717, 1.165) is 0 Å². The predicted molar refractivity (Wildman–Crippen MR) is 152 cm³/mol. The van der Waals surface area contributed by atoms with Crippen molar-refractivity contribution in [3.63, 3.8) is 0 Å². The fourth-order valence-corrected chi connectivity index (χ4v) is 5.25. The van der Waals surface area contributed by atoms with Crippen LogP contribution < -0.4 is 20.1 Å². The molecular formula is C29H29N5O4S. The van der Waals surface area contributed by atoms with Crippen molar-refractivity contribution in [3.8, 4) is 17.2 Å². The number of methoxy groups -OCH3 is 2. The summed E-state index contributed by atoms with van der Waals surface area (Å²) in [5, 5.41) is 21.8. The Morgan fingerprint density at radius 2 is 1.87 bits per heavy atom. The van der Waals surface area contributed by atoms with E-state index < -0.39 is 6.04 Å². The third-order valence-electron chi connectivity index (χ3n) is 6.40. The molecule has 0 aliphatic carbocycles. The number of nitrogens with zero attached hydrogens (tertiary/aromatic N) is 3. The highest BCUT2D eigenvalue weighted by molar-refractivity contribution is 7.98. The highest BCUT2D eigenvalue weighted by Crippen LogP contribution is 2.39. The Kier molecular flexibility index (Phi) is 7.47. The zero-order valence-electron chi connectivity index (χ0n) is 22.1. The lowest BCUT2D eigenvalue weighted by Crippen LogP contribution is -2.31. The summed E-state index contributed by atoms with van der Waals surface area (Å²) in [4.78, 5) is 18.4. The van der Waals surface area contributed by atoms with Gasteiger partial charge in [-0.15, -0.1) is 5.10 Å². The van der Waals surface area contributed by atoms with E-state index in [1.54, 1.807) is 54.3 Å². The average molecular weight is 544 g/mol. The summed E-state index contributed by atoms with van der Waals surface area (Å²) in [5.74, 6) is 1.94. The second-order valence-electron chi connectivity index (χ2n) is 9.12. The number of allylic oxidation sites excluding steroid dienone is 1. The first-order chi connectivity index (χ1) is 18.9. The first kappa shape index (κ1) is 26.2. The molecule has 4 aromatic rings. The van der Waals surface area contributed by atoms with Crippen LogP contribution in [0, 0.1) is 6.92 Å². The molecule has 0 fully saturated rings. The topological polar surface area (TPSA) is 111 Å². The summed E-state index contributed by atoms with van der Waals surface area (Å²) in [6, 6.07) is 19.8. The lowest BCUT2D eigenvalue weighted by molar-refractivity contribution is -0.113. The van der Waals surface area contributed by atoms with E-state index in [4.69, 9.17) is 19.6 Å². The molecule has 39 heavy (non-hydrogen) atoms. The Hall–Kier alpha value is -4.44. The molecule has 0 saturated heterocycles. The maximum Gasteiger partial charge on any atom is 0.255 e. The number of hydrogen-bond acceptors (Lipinski definition) is 8. The Balaban J connectivity index is 1.50. The van der Waals surface area contributed by atoms with Crippen LogP contribution in [0.25, 0.3) is 0 Å². The summed E-state index contributed by atoms with van der Waals surface area (Å²) in [6.07, 6.45) is 0. The number of thioether (sulfide) groups is 1. The number of aromatic hydroxyl groups is 1. The first-order valence-corrected chi connectivity index (χ1v) is 13.3. The Labute approximate surface area is 230 Å². The van der Waals surface area contributed by atoms with E-state index in [1.165, 1.54) is 30.0 Å². The average Bonchev–Trinajstić information content (AvgIpc) is 3.34. The van der Waals surface area contributed by atoms with Crippen molar-refractivity contribution in [1.29, 1.82) is 0 Å². The van der Waals surface area contributed by atoms with Crippen molar-refractivity contribution in [3.05, 3.63) is 94.7 Å². The zero-order chi connectivity index (χ0) is 27.5. The number of fused-ring (bicyclic) bond motifs is 1. The van der Waals surface area contributed by atoms with Crippen LogP contribution in [0.4, 0.5) is 11.6 Å². The number of benzene rings is 3. The number of nitrogens with one attached hydrogen (secondary N) is 2. The van der Waals surface area contributed by atoms with Gasteiger partial charge in [0.1, 0.15) is 11.8 Å². The molecule has 9 nitrogen and oxygen atoms in total. The van der Waals surface area contributed by atoms with Gasteiger partial charge in [-0.2, -0.15) is 4.98 Å². The number of aryl methyl sites for hydroxylation is 1. The van der Waals surface area contributed by atoms with Crippen molar-refractivity contribution < 1.29 is 19.4 Å². The molecule has 200 valence electrons. The van der Waals surface area contributed by atoms with Crippen molar-refractivity contribution in [2.24, 2.45) is 0 Å². The highest BCUT2D eigenvalue weighted by atomic mass is 32.2. The lowest BCUT2D eigenvalue weighted by Gasteiger charge is -2.29. The van der Waals surface area contributed by atoms with Gasteiger partial charge in [-0.3, -0.25) is 4.79 Å². The van der Waals surface area contributed by atoms with Crippen LogP contribution in [0.15, 0.2) is 83.2 Å². The van der Waals surface area contributed by atoms with Crippen LogP contribution in [0.1, 0.15) is 29.7 Å². The third-order valence-corrected chi connectivity index (χ3v) is 7.30. The largest absolute Gasteiger partial charge is 0.504 e. The Morgan fingerprint density at radius 3 is 2.59 bits per heavy atom. The van der Waals surface area contributed by atoms with E-state index in [-0.39, 0.29) is 11.7 Å². The monoisotopic (exact) mass is 543 g/mol. The summed E-state index contributed by atoms with van der Waals surface area (Å²) < 4.78 is 12.3. The van der Waals surface area contributed by atoms with Gasteiger partial charge in [0.25, 0.3) is 5.91 Å². The summed E-state index contributed by atoms with van der Waals surface area (Å²) >= 11 is 1.52. The van der Waals surface area contributed by atoms with Gasteiger partial charge in [-0.1, -0.05) is 47.7 Å². The van der Waals surface area contributed by atoms with Gasteiger partial charge in [0.2, 0.25) is 11.1 Å². The van der Waals surface area contributed by atoms with Crippen LogP contribution >= 0.6 is 11.8 Å². The highest BCUT2D eigenvalue weighted by Gasteiger charge is 2.35. The number of phenolic OH excluding ortho intramolecular Hbond substituents is 1. The van der Waals surface area contributed by atoms with E-state index in [0.29, 0.717) is 50.9 Å². The second-order valence-corrected chi connectivity index (χ2v) is 10.1. The number of amides is 1.